The maximum absolute atomic E-state index is 14.3. The first kappa shape index (κ1) is 18.8. The van der Waals surface area contributed by atoms with Gasteiger partial charge < -0.3 is 14.7 Å². The number of carbonyl (C=O) groups is 1. The molecule has 2 fully saturated rings. The Kier molecular flexibility index (Phi) is 4.79. The van der Waals surface area contributed by atoms with Gasteiger partial charge in [0.1, 0.15) is 12.4 Å². The van der Waals surface area contributed by atoms with E-state index < -0.39 is 46.8 Å². The van der Waals surface area contributed by atoms with Gasteiger partial charge in [0.2, 0.25) is 0 Å². The lowest BCUT2D eigenvalue weighted by Gasteiger charge is -2.43. The normalized spacial score (nSPS) is 26.4. The maximum atomic E-state index is 14.3. The minimum absolute atomic E-state index is 0.0682. The third-order valence-electron chi connectivity index (χ3n) is 5.69. The van der Waals surface area contributed by atoms with E-state index in [1.807, 2.05) is 30.3 Å². The second kappa shape index (κ2) is 7.13. The highest BCUT2D eigenvalue weighted by molar-refractivity contribution is 5.69. The number of halogens is 3. The zero-order chi connectivity index (χ0) is 19.9. The molecule has 0 spiro atoms. The molecule has 7 heteroatoms. The van der Waals surface area contributed by atoms with Crippen LogP contribution in [0, 0.1) is 17.5 Å². The molecule has 4 nitrogen and oxygen atoms in total. The summed E-state index contributed by atoms with van der Waals surface area (Å²) >= 11 is 0. The average Bonchev–Trinajstić information content (AvgIpc) is 2.96. The lowest BCUT2D eigenvalue weighted by molar-refractivity contribution is -0.0581. The quantitative estimate of drug-likeness (QED) is 0.796. The first-order valence-corrected chi connectivity index (χ1v) is 9.24. The van der Waals surface area contributed by atoms with Gasteiger partial charge in [0.05, 0.1) is 11.2 Å². The third-order valence-corrected chi connectivity index (χ3v) is 5.69. The van der Waals surface area contributed by atoms with Crippen molar-refractivity contribution in [1.29, 1.82) is 0 Å². The van der Waals surface area contributed by atoms with Crippen LogP contribution in [0.5, 0.6) is 0 Å². The van der Waals surface area contributed by atoms with E-state index in [-0.39, 0.29) is 19.4 Å². The summed E-state index contributed by atoms with van der Waals surface area (Å²) in [6.07, 6.45) is 0.527. The van der Waals surface area contributed by atoms with Crippen molar-refractivity contribution < 1.29 is 27.8 Å². The van der Waals surface area contributed by atoms with Crippen molar-refractivity contribution in [2.45, 2.75) is 50.0 Å². The summed E-state index contributed by atoms with van der Waals surface area (Å²) in [5.74, 6) is -3.57. The fourth-order valence-electron chi connectivity index (χ4n) is 4.47. The molecular weight excluding hydrogens is 371 g/mol. The van der Waals surface area contributed by atoms with E-state index in [4.69, 9.17) is 4.74 Å². The first-order chi connectivity index (χ1) is 13.4. The standard InChI is InChI=1S/C21H20F3NO3/c22-16-8-9-17(23)19(24)18(16)21(27)10-14-6-7-15(11-21)25(14)20(26)28-12-13-4-2-1-3-5-13/h1-5,8-9,14-15,27H,6-7,10-12H2. The highest BCUT2D eigenvalue weighted by Crippen LogP contribution is 2.47. The monoisotopic (exact) mass is 391 g/mol. The predicted molar refractivity (Wildman–Crippen MR) is 94.7 cm³/mol. The van der Waals surface area contributed by atoms with Crippen molar-refractivity contribution in [2.24, 2.45) is 0 Å². The molecule has 2 saturated heterocycles. The summed E-state index contributed by atoms with van der Waals surface area (Å²) in [7, 11) is 0. The Bertz CT molecular complexity index is 876. The van der Waals surface area contributed by atoms with Crippen molar-refractivity contribution in [1.82, 2.24) is 4.90 Å². The van der Waals surface area contributed by atoms with Crippen molar-refractivity contribution >= 4 is 6.09 Å². The molecule has 0 aliphatic carbocycles. The van der Waals surface area contributed by atoms with Crippen LogP contribution in [0.1, 0.15) is 36.8 Å². The molecule has 28 heavy (non-hydrogen) atoms. The van der Waals surface area contributed by atoms with Crippen LogP contribution < -0.4 is 0 Å². The number of piperidine rings is 1. The van der Waals surface area contributed by atoms with Crippen LogP contribution in [-0.4, -0.2) is 28.2 Å². The van der Waals surface area contributed by atoms with Crippen molar-refractivity contribution in [3.63, 3.8) is 0 Å². The van der Waals surface area contributed by atoms with Crippen molar-refractivity contribution in [2.75, 3.05) is 0 Å². The SMILES string of the molecule is O=C(OCc1ccccc1)N1C2CCC1CC(O)(c1c(F)ccc(F)c1F)C2. The Morgan fingerprint density at radius 2 is 1.64 bits per heavy atom. The number of aliphatic hydroxyl groups is 1. The number of hydrogen-bond donors (Lipinski definition) is 1. The molecule has 2 unspecified atom stereocenters. The summed E-state index contributed by atoms with van der Waals surface area (Å²) in [6, 6.07) is 9.89. The molecule has 1 N–H and O–H groups in total. The molecule has 2 aliphatic rings. The van der Waals surface area contributed by atoms with Gasteiger partial charge in [-0.15, -0.1) is 0 Å². The van der Waals surface area contributed by atoms with Gasteiger partial charge >= 0.3 is 6.09 Å². The number of hydrogen-bond acceptors (Lipinski definition) is 3. The molecule has 2 atom stereocenters. The summed E-state index contributed by atoms with van der Waals surface area (Å²) in [4.78, 5) is 14.1. The molecule has 0 radical (unpaired) electrons. The van der Waals surface area contributed by atoms with Crippen LogP contribution in [0.2, 0.25) is 0 Å². The maximum Gasteiger partial charge on any atom is 0.410 e. The largest absolute Gasteiger partial charge is 0.445 e. The number of benzene rings is 2. The Labute approximate surface area is 160 Å². The minimum atomic E-state index is -1.86. The molecule has 0 aromatic heterocycles. The summed E-state index contributed by atoms with van der Waals surface area (Å²) in [5.41, 5.74) is -1.67. The molecule has 2 aromatic rings. The molecule has 4 rings (SSSR count). The number of fused-ring (bicyclic) bond motifs is 2. The topological polar surface area (TPSA) is 49.8 Å². The van der Waals surface area contributed by atoms with E-state index >= 15 is 0 Å². The van der Waals surface area contributed by atoms with E-state index in [0.29, 0.717) is 18.9 Å². The average molecular weight is 391 g/mol. The summed E-state index contributed by atoms with van der Waals surface area (Å²) in [6.45, 7) is 0.118. The van der Waals surface area contributed by atoms with Crippen LogP contribution in [-0.2, 0) is 16.9 Å². The highest BCUT2D eigenvalue weighted by Gasteiger charge is 2.52. The number of nitrogens with zero attached hydrogens (tertiary/aromatic N) is 1. The Hall–Kier alpha value is -2.54. The van der Waals surface area contributed by atoms with E-state index in [9.17, 15) is 23.1 Å². The van der Waals surface area contributed by atoms with Crippen LogP contribution in [0.4, 0.5) is 18.0 Å². The van der Waals surface area contributed by atoms with Crippen LogP contribution in [0.25, 0.3) is 0 Å². The molecule has 2 heterocycles. The zero-order valence-corrected chi connectivity index (χ0v) is 15.1. The molecule has 2 aromatic carbocycles. The van der Waals surface area contributed by atoms with Crippen molar-refractivity contribution in [3.05, 3.63) is 71.0 Å². The molecule has 0 saturated carbocycles. The zero-order valence-electron chi connectivity index (χ0n) is 15.1. The predicted octanol–water partition coefficient (Wildman–Crippen LogP) is 4.26. The van der Waals surface area contributed by atoms with E-state index in [2.05, 4.69) is 0 Å². The summed E-state index contributed by atoms with van der Waals surface area (Å²) in [5, 5.41) is 11.0. The van der Waals surface area contributed by atoms with Gasteiger partial charge in [-0.05, 0) is 30.5 Å². The number of carbonyl (C=O) groups excluding carboxylic acids is 1. The molecule has 2 aliphatic heterocycles. The highest BCUT2D eigenvalue weighted by atomic mass is 19.2. The number of ether oxygens (including phenoxy) is 1. The van der Waals surface area contributed by atoms with Gasteiger partial charge in [-0.3, -0.25) is 0 Å². The van der Waals surface area contributed by atoms with Gasteiger partial charge in [-0.2, -0.15) is 0 Å². The fraction of sp³-hybridized carbons (Fsp3) is 0.381. The van der Waals surface area contributed by atoms with Crippen molar-refractivity contribution in [3.8, 4) is 0 Å². The van der Waals surface area contributed by atoms with E-state index in [0.717, 1.165) is 11.6 Å². The lowest BCUT2D eigenvalue weighted by atomic mass is 9.80. The van der Waals surface area contributed by atoms with Gasteiger partial charge in [0.25, 0.3) is 0 Å². The second-order valence-electron chi connectivity index (χ2n) is 7.49. The van der Waals surface area contributed by atoms with Crippen LogP contribution in [0.15, 0.2) is 42.5 Å². The number of amides is 1. The molecular formula is C21H20F3NO3. The van der Waals surface area contributed by atoms with Crippen LogP contribution in [0.3, 0.4) is 0 Å². The lowest BCUT2D eigenvalue weighted by Crippen LogP contribution is -2.52. The summed E-state index contributed by atoms with van der Waals surface area (Å²) < 4.78 is 47.5. The van der Waals surface area contributed by atoms with Crippen LogP contribution >= 0.6 is 0 Å². The smallest absolute Gasteiger partial charge is 0.410 e. The minimum Gasteiger partial charge on any atom is -0.445 e. The van der Waals surface area contributed by atoms with Gasteiger partial charge in [-0.25, -0.2) is 18.0 Å². The van der Waals surface area contributed by atoms with E-state index in [1.54, 1.807) is 4.90 Å². The molecule has 2 bridgehead atoms. The number of rotatable bonds is 3. The van der Waals surface area contributed by atoms with Gasteiger partial charge in [0.15, 0.2) is 11.6 Å². The molecule has 1 amide bonds. The van der Waals surface area contributed by atoms with Gasteiger partial charge in [-0.1, -0.05) is 30.3 Å². The fourth-order valence-corrected chi connectivity index (χ4v) is 4.47. The Morgan fingerprint density at radius 3 is 2.29 bits per heavy atom. The first-order valence-electron chi connectivity index (χ1n) is 9.24. The third kappa shape index (κ3) is 3.24. The second-order valence-corrected chi connectivity index (χ2v) is 7.49. The van der Waals surface area contributed by atoms with E-state index in [1.165, 1.54) is 0 Å². The molecule has 148 valence electrons. The Morgan fingerprint density at radius 1 is 1.04 bits per heavy atom. The Balaban J connectivity index is 1.52. The van der Waals surface area contributed by atoms with Gasteiger partial charge in [0, 0.05) is 24.9 Å².